The highest BCUT2D eigenvalue weighted by molar-refractivity contribution is 6.31. The van der Waals surface area contributed by atoms with E-state index in [4.69, 9.17) is 11.6 Å². The van der Waals surface area contributed by atoms with E-state index in [1.54, 1.807) is 4.90 Å². The van der Waals surface area contributed by atoms with E-state index in [2.05, 4.69) is 40.5 Å². The Balaban J connectivity index is 0.00000210. The molecule has 2 aliphatic rings. The Hall–Kier alpha value is -1.59. The second-order valence-corrected chi connectivity index (χ2v) is 7.53. The Morgan fingerprint density at radius 1 is 1.19 bits per heavy atom. The second-order valence-electron chi connectivity index (χ2n) is 7.13. The lowest BCUT2D eigenvalue weighted by Gasteiger charge is -2.37. The molecule has 0 saturated carbocycles. The maximum Gasteiger partial charge on any atom is 0.227 e. The van der Waals surface area contributed by atoms with Crippen LogP contribution in [0.1, 0.15) is 29.2 Å². The highest BCUT2D eigenvalue weighted by atomic mass is 35.5. The Morgan fingerprint density at radius 3 is 2.81 bits per heavy atom. The van der Waals surface area contributed by atoms with E-state index in [9.17, 15) is 4.79 Å². The molecule has 27 heavy (non-hydrogen) atoms. The number of hydrogen-bond acceptors (Lipinski definition) is 3. The fourth-order valence-electron chi connectivity index (χ4n) is 4.03. The second kappa shape index (κ2) is 8.61. The number of carbonyl (C=O) groups is 1. The number of piperazine rings is 1. The summed E-state index contributed by atoms with van der Waals surface area (Å²) in [6, 6.07) is 14.9. The van der Waals surface area contributed by atoms with Gasteiger partial charge < -0.3 is 10.2 Å². The minimum atomic E-state index is 0. The van der Waals surface area contributed by atoms with Crippen LogP contribution in [0.5, 0.6) is 0 Å². The van der Waals surface area contributed by atoms with Gasteiger partial charge in [0.2, 0.25) is 5.91 Å². The molecule has 6 heteroatoms. The average Bonchev–Trinajstić information content (AvgIpc) is 2.66. The number of amides is 1. The van der Waals surface area contributed by atoms with Gasteiger partial charge in [-0.1, -0.05) is 41.9 Å². The monoisotopic (exact) mass is 405 g/mol. The summed E-state index contributed by atoms with van der Waals surface area (Å²) in [6.07, 6.45) is 1.44. The number of nitrogens with zero attached hydrogens (tertiary/aromatic N) is 2. The molecule has 0 radical (unpaired) electrons. The van der Waals surface area contributed by atoms with Crippen LogP contribution < -0.4 is 10.2 Å². The lowest BCUT2D eigenvalue weighted by molar-refractivity contribution is -0.118. The molecule has 1 unspecified atom stereocenters. The number of hydrogen-bond donors (Lipinski definition) is 1. The first-order valence-corrected chi connectivity index (χ1v) is 9.59. The molecule has 2 aromatic rings. The molecule has 0 bridgehead atoms. The average molecular weight is 406 g/mol. The fraction of sp³-hybridized carbons (Fsp3) is 0.381. The zero-order chi connectivity index (χ0) is 18.1. The lowest BCUT2D eigenvalue weighted by Crippen LogP contribution is -2.45. The molecule has 144 valence electrons. The molecule has 2 aromatic carbocycles. The Bertz CT molecular complexity index is 827. The van der Waals surface area contributed by atoms with Crippen LogP contribution in [0.15, 0.2) is 42.5 Å². The topological polar surface area (TPSA) is 35.6 Å². The molecule has 2 aliphatic heterocycles. The number of benzene rings is 2. The third-order valence-electron chi connectivity index (χ3n) is 5.49. The maximum atomic E-state index is 11.9. The van der Waals surface area contributed by atoms with Gasteiger partial charge in [-0.05, 0) is 35.2 Å². The van der Waals surface area contributed by atoms with Gasteiger partial charge in [0, 0.05) is 56.4 Å². The third-order valence-corrected chi connectivity index (χ3v) is 5.84. The van der Waals surface area contributed by atoms with Crippen LogP contribution in [0, 0.1) is 0 Å². The number of nitrogens with one attached hydrogen (secondary N) is 1. The number of anilines is 1. The summed E-state index contributed by atoms with van der Waals surface area (Å²) in [7, 11) is 1.86. The quantitative estimate of drug-likeness (QED) is 0.842. The molecule has 1 amide bonds. The summed E-state index contributed by atoms with van der Waals surface area (Å²) in [5, 5.41) is 4.32. The smallest absolute Gasteiger partial charge is 0.227 e. The lowest BCUT2D eigenvalue weighted by atomic mass is 9.98. The van der Waals surface area contributed by atoms with E-state index in [1.165, 1.54) is 16.7 Å². The van der Waals surface area contributed by atoms with Gasteiger partial charge in [0.05, 0.1) is 0 Å². The van der Waals surface area contributed by atoms with Crippen molar-refractivity contribution in [2.45, 2.75) is 25.4 Å². The van der Waals surface area contributed by atoms with Crippen molar-refractivity contribution in [3.8, 4) is 0 Å². The van der Waals surface area contributed by atoms with E-state index in [-0.39, 0.29) is 24.4 Å². The highest BCUT2D eigenvalue weighted by Gasteiger charge is 2.26. The van der Waals surface area contributed by atoms with Gasteiger partial charge in [0.15, 0.2) is 0 Å². The summed E-state index contributed by atoms with van der Waals surface area (Å²) in [5.41, 5.74) is 4.80. The maximum absolute atomic E-state index is 11.9. The predicted octanol–water partition coefficient (Wildman–Crippen LogP) is 3.82. The van der Waals surface area contributed by atoms with Crippen molar-refractivity contribution in [1.29, 1.82) is 0 Å². The van der Waals surface area contributed by atoms with Gasteiger partial charge in [0.1, 0.15) is 0 Å². The minimum Gasteiger partial charge on any atom is -0.315 e. The standard InChI is InChI=1S/C21H24ClN3O.ClH/c1-24-19-8-6-15(12-16(19)7-9-21(24)26)14-25-11-10-23-13-20(25)17-4-2-3-5-18(17)22;/h2-6,8,12,20,23H,7,9-11,13-14H2,1H3;1H. The Kier molecular flexibility index (Phi) is 6.43. The van der Waals surface area contributed by atoms with Crippen molar-refractivity contribution >= 4 is 35.6 Å². The van der Waals surface area contributed by atoms with Crippen molar-refractivity contribution in [1.82, 2.24) is 10.2 Å². The summed E-state index contributed by atoms with van der Waals surface area (Å²) >= 11 is 6.46. The molecule has 1 atom stereocenters. The summed E-state index contributed by atoms with van der Waals surface area (Å²) in [5.74, 6) is 0.200. The van der Waals surface area contributed by atoms with Crippen molar-refractivity contribution in [2.24, 2.45) is 0 Å². The number of halogens is 2. The van der Waals surface area contributed by atoms with Crippen LogP contribution >= 0.6 is 24.0 Å². The number of aryl methyl sites for hydroxylation is 1. The molecule has 4 rings (SSSR count). The predicted molar refractivity (Wildman–Crippen MR) is 113 cm³/mol. The number of carbonyl (C=O) groups excluding carboxylic acids is 1. The first kappa shape index (κ1) is 20.2. The van der Waals surface area contributed by atoms with Crippen LogP contribution in [0.25, 0.3) is 0 Å². The number of fused-ring (bicyclic) bond motifs is 1. The van der Waals surface area contributed by atoms with E-state index in [0.29, 0.717) is 6.42 Å². The normalized spacial score (nSPS) is 20.1. The van der Waals surface area contributed by atoms with Crippen LogP contribution in [0.4, 0.5) is 5.69 Å². The van der Waals surface area contributed by atoms with Gasteiger partial charge >= 0.3 is 0 Å². The van der Waals surface area contributed by atoms with Crippen LogP contribution in [0.3, 0.4) is 0 Å². The molecule has 1 N–H and O–H groups in total. The van der Waals surface area contributed by atoms with Gasteiger partial charge in [-0.2, -0.15) is 0 Å². The molecular weight excluding hydrogens is 381 g/mol. The molecule has 0 aliphatic carbocycles. The summed E-state index contributed by atoms with van der Waals surface area (Å²) < 4.78 is 0. The summed E-state index contributed by atoms with van der Waals surface area (Å²) in [6.45, 7) is 3.78. The first-order chi connectivity index (χ1) is 12.6. The highest BCUT2D eigenvalue weighted by Crippen LogP contribution is 2.31. The third kappa shape index (κ3) is 4.14. The largest absolute Gasteiger partial charge is 0.315 e. The Morgan fingerprint density at radius 2 is 2.00 bits per heavy atom. The molecule has 4 nitrogen and oxygen atoms in total. The number of rotatable bonds is 3. The molecular formula is C21H25Cl2N3O. The van der Waals surface area contributed by atoms with Crippen molar-refractivity contribution in [2.75, 3.05) is 31.6 Å². The zero-order valence-electron chi connectivity index (χ0n) is 15.5. The zero-order valence-corrected chi connectivity index (χ0v) is 17.0. The van der Waals surface area contributed by atoms with Gasteiger partial charge in [-0.15, -0.1) is 12.4 Å². The molecule has 1 fully saturated rings. The van der Waals surface area contributed by atoms with Crippen molar-refractivity contribution in [3.63, 3.8) is 0 Å². The van der Waals surface area contributed by atoms with Gasteiger partial charge in [0.25, 0.3) is 0 Å². The fourth-order valence-corrected chi connectivity index (χ4v) is 4.29. The molecule has 1 saturated heterocycles. The van der Waals surface area contributed by atoms with Crippen molar-refractivity contribution in [3.05, 3.63) is 64.2 Å². The van der Waals surface area contributed by atoms with E-state index >= 15 is 0 Å². The SMILES string of the molecule is CN1C(=O)CCc2cc(CN3CCNCC3c3ccccc3Cl)ccc21.Cl. The minimum absolute atomic E-state index is 0. The van der Waals surface area contributed by atoms with E-state index in [0.717, 1.165) is 43.3 Å². The molecule has 2 heterocycles. The van der Waals surface area contributed by atoms with Crippen LogP contribution in [-0.4, -0.2) is 37.5 Å². The first-order valence-electron chi connectivity index (χ1n) is 9.21. The summed E-state index contributed by atoms with van der Waals surface area (Å²) in [4.78, 5) is 16.2. The van der Waals surface area contributed by atoms with Gasteiger partial charge in [-0.3, -0.25) is 9.69 Å². The Labute approximate surface area is 171 Å². The van der Waals surface area contributed by atoms with Crippen molar-refractivity contribution < 1.29 is 4.79 Å². The molecule has 0 spiro atoms. The van der Waals surface area contributed by atoms with E-state index in [1.807, 2.05) is 19.2 Å². The van der Waals surface area contributed by atoms with Crippen LogP contribution in [-0.2, 0) is 17.8 Å². The van der Waals surface area contributed by atoms with Crippen LogP contribution in [0.2, 0.25) is 5.02 Å². The molecule has 0 aromatic heterocycles. The van der Waals surface area contributed by atoms with E-state index < -0.39 is 0 Å². The van der Waals surface area contributed by atoms with Gasteiger partial charge in [-0.25, -0.2) is 0 Å².